The van der Waals surface area contributed by atoms with Gasteiger partial charge in [-0.25, -0.2) is 8.42 Å². The van der Waals surface area contributed by atoms with Gasteiger partial charge in [0, 0.05) is 30.1 Å². The zero-order valence-corrected chi connectivity index (χ0v) is 25.5. The molecule has 0 saturated heterocycles. The van der Waals surface area contributed by atoms with Crippen molar-refractivity contribution in [2.24, 2.45) is 0 Å². The molecule has 4 rings (SSSR count). The van der Waals surface area contributed by atoms with Crippen LogP contribution in [0.3, 0.4) is 0 Å². The highest BCUT2D eigenvalue weighted by atomic mass is 35.5. The molecule has 4 aromatic rings. The van der Waals surface area contributed by atoms with Crippen LogP contribution < -0.4 is 9.62 Å². The Hall–Kier alpha value is -3.85. The molecule has 2 amide bonds. The highest BCUT2D eigenvalue weighted by Crippen LogP contribution is 2.27. The van der Waals surface area contributed by atoms with Crippen molar-refractivity contribution in [3.05, 3.63) is 130 Å². The number of anilines is 1. The van der Waals surface area contributed by atoms with Gasteiger partial charge in [-0.3, -0.25) is 13.9 Å². The zero-order chi connectivity index (χ0) is 30.3. The molecule has 0 aliphatic heterocycles. The van der Waals surface area contributed by atoms with Crippen LogP contribution in [-0.2, 0) is 32.6 Å². The Morgan fingerprint density at radius 3 is 1.93 bits per heavy atom. The molecule has 0 spiro atoms. The lowest BCUT2D eigenvalue weighted by atomic mass is 10.0. The van der Waals surface area contributed by atoms with Crippen molar-refractivity contribution < 1.29 is 18.0 Å². The quantitative estimate of drug-likeness (QED) is 0.226. The van der Waals surface area contributed by atoms with E-state index < -0.39 is 28.5 Å². The van der Waals surface area contributed by atoms with Gasteiger partial charge in [-0.2, -0.15) is 0 Å². The van der Waals surface area contributed by atoms with Crippen LogP contribution in [0.25, 0.3) is 0 Å². The molecule has 0 aliphatic carbocycles. The fourth-order valence-corrected chi connectivity index (χ4v) is 6.15. The van der Waals surface area contributed by atoms with Crippen molar-refractivity contribution in [3.63, 3.8) is 0 Å². The summed E-state index contributed by atoms with van der Waals surface area (Å²) in [7, 11) is -2.67. The molecule has 0 bridgehead atoms. The third-order valence-corrected chi connectivity index (χ3v) is 9.08. The maximum Gasteiger partial charge on any atom is 0.264 e. The van der Waals surface area contributed by atoms with Crippen molar-refractivity contribution in [1.82, 2.24) is 10.2 Å². The summed E-state index contributed by atoms with van der Waals surface area (Å²) in [4.78, 5) is 29.0. The summed E-state index contributed by atoms with van der Waals surface area (Å²) in [6.45, 7) is 1.37. The van der Waals surface area contributed by atoms with E-state index in [9.17, 15) is 18.0 Å². The molecule has 42 heavy (non-hydrogen) atoms. The maximum absolute atomic E-state index is 14.2. The molecule has 10 heteroatoms. The van der Waals surface area contributed by atoms with Gasteiger partial charge in [-0.1, -0.05) is 83.4 Å². The molecule has 7 nitrogen and oxygen atoms in total. The van der Waals surface area contributed by atoms with Crippen molar-refractivity contribution in [2.45, 2.75) is 30.8 Å². The predicted molar refractivity (Wildman–Crippen MR) is 167 cm³/mol. The maximum atomic E-state index is 14.2. The van der Waals surface area contributed by atoms with Gasteiger partial charge in [0.05, 0.1) is 10.6 Å². The molecule has 0 aromatic heterocycles. The second-order valence-electron chi connectivity index (χ2n) is 9.77. The van der Waals surface area contributed by atoms with E-state index in [1.54, 1.807) is 60.7 Å². The van der Waals surface area contributed by atoms with Crippen LogP contribution in [0.1, 0.15) is 16.7 Å². The smallest absolute Gasteiger partial charge is 0.264 e. The number of sulfonamides is 1. The highest BCUT2D eigenvalue weighted by molar-refractivity contribution is 7.92. The van der Waals surface area contributed by atoms with Crippen LogP contribution in [0.4, 0.5) is 5.69 Å². The summed E-state index contributed by atoms with van der Waals surface area (Å²) in [6, 6.07) is 28.0. The normalized spacial score (nSPS) is 11.9. The fourth-order valence-electron chi connectivity index (χ4n) is 4.48. The predicted octanol–water partition coefficient (Wildman–Crippen LogP) is 5.88. The van der Waals surface area contributed by atoms with Gasteiger partial charge < -0.3 is 10.2 Å². The number of rotatable bonds is 11. The molecule has 0 radical (unpaired) electrons. The molecule has 0 saturated carbocycles. The van der Waals surface area contributed by atoms with Crippen molar-refractivity contribution in [1.29, 1.82) is 0 Å². The van der Waals surface area contributed by atoms with Gasteiger partial charge in [-0.05, 0) is 66.6 Å². The van der Waals surface area contributed by atoms with Gasteiger partial charge in [-0.15, -0.1) is 0 Å². The molecule has 1 atom stereocenters. The average Bonchev–Trinajstić information content (AvgIpc) is 2.99. The molecule has 1 N–H and O–H groups in total. The second kappa shape index (κ2) is 13.9. The summed E-state index contributed by atoms with van der Waals surface area (Å²) in [6.07, 6.45) is 0.228. The summed E-state index contributed by atoms with van der Waals surface area (Å²) in [5, 5.41) is 3.62. The van der Waals surface area contributed by atoms with Gasteiger partial charge in [0.1, 0.15) is 12.6 Å². The lowest BCUT2D eigenvalue weighted by Crippen LogP contribution is -2.53. The largest absolute Gasteiger partial charge is 0.357 e. The first-order chi connectivity index (χ1) is 20.1. The van der Waals surface area contributed by atoms with Crippen LogP contribution >= 0.6 is 23.2 Å². The zero-order valence-electron chi connectivity index (χ0n) is 23.2. The number of benzene rings is 4. The molecular formula is C32H31Cl2N3O4S. The standard InChI is InChI=1S/C32H31Cl2N3O4S/c1-23-8-18-29(19-9-23)42(40,41)37(28-16-14-27(34)15-17-28)22-31(38)36(21-25-10-12-26(33)13-11-25)30(32(39)35-2)20-24-6-4-3-5-7-24/h3-19,30H,20-22H2,1-2H3,(H,35,39)/t30-/m1/s1. The van der Waals surface area contributed by atoms with E-state index >= 15 is 0 Å². The van der Waals surface area contributed by atoms with E-state index in [1.165, 1.54) is 24.1 Å². The molecule has 218 valence electrons. The minimum Gasteiger partial charge on any atom is -0.357 e. The number of aryl methyl sites for hydroxylation is 1. The van der Waals surface area contributed by atoms with Gasteiger partial charge in [0.15, 0.2) is 0 Å². The molecule has 4 aromatic carbocycles. The Morgan fingerprint density at radius 2 is 1.36 bits per heavy atom. The second-order valence-corrected chi connectivity index (χ2v) is 12.5. The molecule has 0 aliphatic rings. The monoisotopic (exact) mass is 623 g/mol. The van der Waals surface area contributed by atoms with Crippen LogP contribution in [0.2, 0.25) is 10.0 Å². The highest BCUT2D eigenvalue weighted by Gasteiger charge is 2.34. The number of carbonyl (C=O) groups excluding carboxylic acids is 2. The number of nitrogens with one attached hydrogen (secondary N) is 1. The Morgan fingerprint density at radius 1 is 0.786 bits per heavy atom. The Labute approximate surface area is 256 Å². The molecule has 0 fully saturated rings. The number of nitrogens with zero attached hydrogens (tertiary/aromatic N) is 2. The minimum atomic E-state index is -4.18. The Balaban J connectivity index is 1.77. The van der Waals surface area contributed by atoms with Crippen LogP contribution in [-0.4, -0.2) is 44.8 Å². The van der Waals surface area contributed by atoms with Crippen molar-refractivity contribution in [2.75, 3.05) is 17.9 Å². The van der Waals surface area contributed by atoms with Gasteiger partial charge in [0.2, 0.25) is 11.8 Å². The number of hydrogen-bond acceptors (Lipinski definition) is 4. The third kappa shape index (κ3) is 7.70. The molecular weight excluding hydrogens is 593 g/mol. The first-order valence-corrected chi connectivity index (χ1v) is 15.4. The van der Waals surface area contributed by atoms with E-state index in [1.807, 2.05) is 37.3 Å². The third-order valence-electron chi connectivity index (χ3n) is 6.79. The number of carbonyl (C=O) groups is 2. The van der Waals surface area contributed by atoms with Gasteiger partial charge in [0.25, 0.3) is 10.0 Å². The topological polar surface area (TPSA) is 86.8 Å². The van der Waals surface area contributed by atoms with E-state index in [0.717, 1.165) is 21.0 Å². The van der Waals surface area contributed by atoms with Crippen LogP contribution in [0.15, 0.2) is 108 Å². The first-order valence-electron chi connectivity index (χ1n) is 13.2. The van der Waals surface area contributed by atoms with Crippen LogP contribution in [0.5, 0.6) is 0 Å². The van der Waals surface area contributed by atoms with Gasteiger partial charge >= 0.3 is 0 Å². The fraction of sp³-hybridized carbons (Fsp3) is 0.188. The number of hydrogen-bond donors (Lipinski definition) is 1. The number of halogens is 2. The molecule has 0 unspecified atom stereocenters. The lowest BCUT2D eigenvalue weighted by molar-refractivity contribution is -0.139. The SMILES string of the molecule is CNC(=O)[C@@H](Cc1ccccc1)N(Cc1ccc(Cl)cc1)C(=O)CN(c1ccc(Cl)cc1)S(=O)(=O)c1ccc(C)cc1. The summed E-state index contributed by atoms with van der Waals surface area (Å²) in [5.41, 5.74) is 2.74. The minimum absolute atomic E-state index is 0.0345. The Bertz CT molecular complexity index is 1610. The van der Waals surface area contributed by atoms with Crippen molar-refractivity contribution >= 4 is 50.7 Å². The van der Waals surface area contributed by atoms with E-state index in [-0.39, 0.29) is 29.5 Å². The van der Waals surface area contributed by atoms with E-state index in [4.69, 9.17) is 23.2 Å². The number of likely N-dealkylation sites (N-methyl/N-ethyl adjacent to an activating group) is 1. The lowest BCUT2D eigenvalue weighted by Gasteiger charge is -2.33. The summed E-state index contributed by atoms with van der Waals surface area (Å²) >= 11 is 12.2. The van der Waals surface area contributed by atoms with Crippen molar-refractivity contribution in [3.8, 4) is 0 Å². The summed E-state index contributed by atoms with van der Waals surface area (Å²) < 4.78 is 29.0. The Kier molecular flexibility index (Phi) is 10.3. The number of amides is 2. The average molecular weight is 625 g/mol. The van der Waals surface area contributed by atoms with E-state index in [0.29, 0.717) is 10.0 Å². The van der Waals surface area contributed by atoms with Crippen LogP contribution in [0, 0.1) is 6.92 Å². The summed E-state index contributed by atoms with van der Waals surface area (Å²) in [5.74, 6) is -0.930. The molecule has 0 heterocycles. The first kappa shape index (κ1) is 31.1. The van der Waals surface area contributed by atoms with E-state index in [2.05, 4.69) is 5.32 Å².